The van der Waals surface area contributed by atoms with Crippen LogP contribution in [0.4, 0.5) is 10.5 Å². The smallest absolute Gasteiger partial charge is 0.421 e. The van der Waals surface area contributed by atoms with Gasteiger partial charge in [0, 0.05) is 54.5 Å². The summed E-state index contributed by atoms with van der Waals surface area (Å²) in [4.78, 5) is 21.7. The molecule has 0 unspecified atom stereocenters. The van der Waals surface area contributed by atoms with E-state index < -0.39 is 5.60 Å². The van der Waals surface area contributed by atoms with E-state index in [1.807, 2.05) is 26.8 Å². The normalized spacial score (nSPS) is 16.6. The van der Waals surface area contributed by atoms with E-state index in [4.69, 9.17) is 4.74 Å². The fourth-order valence-corrected chi connectivity index (χ4v) is 3.50. The molecule has 0 radical (unpaired) electrons. The van der Waals surface area contributed by atoms with Crippen molar-refractivity contribution in [1.82, 2.24) is 14.5 Å². The number of hydrogen-bond donors (Lipinski definition) is 0. The molecule has 1 saturated heterocycles. The number of ether oxygens (including phenoxy) is 1. The van der Waals surface area contributed by atoms with E-state index in [9.17, 15) is 4.79 Å². The van der Waals surface area contributed by atoms with Crippen LogP contribution in [-0.2, 0) is 4.74 Å². The molecule has 130 valence electrons. The Morgan fingerprint density at radius 3 is 2.50 bits per heavy atom. The van der Waals surface area contributed by atoms with Crippen LogP contribution in [-0.4, -0.2) is 59.4 Å². The lowest BCUT2D eigenvalue weighted by Crippen LogP contribution is -2.44. The molecule has 0 saturated carbocycles. The lowest BCUT2D eigenvalue weighted by Gasteiger charge is -2.34. The van der Waals surface area contributed by atoms with Crippen molar-refractivity contribution >= 4 is 45.4 Å². The van der Waals surface area contributed by atoms with Gasteiger partial charge in [-0.3, -0.25) is 0 Å². The van der Waals surface area contributed by atoms with Gasteiger partial charge in [0.05, 0.1) is 11.0 Å². The third kappa shape index (κ3) is 3.66. The Kier molecular flexibility index (Phi) is 4.74. The third-order valence-corrected chi connectivity index (χ3v) is 4.77. The maximum Gasteiger partial charge on any atom is 0.421 e. The van der Waals surface area contributed by atoms with Gasteiger partial charge in [-0.1, -0.05) is 0 Å². The van der Waals surface area contributed by atoms with Gasteiger partial charge in [-0.25, -0.2) is 14.3 Å². The van der Waals surface area contributed by atoms with Crippen LogP contribution < -0.4 is 4.90 Å². The van der Waals surface area contributed by atoms with E-state index in [0.29, 0.717) is 3.83 Å². The van der Waals surface area contributed by atoms with Crippen LogP contribution in [0.5, 0.6) is 0 Å². The van der Waals surface area contributed by atoms with Gasteiger partial charge in [-0.05, 0) is 46.0 Å². The summed E-state index contributed by atoms with van der Waals surface area (Å²) in [5.74, 6) is 0. The number of likely N-dealkylation sites (N-methyl/N-ethyl adjacent to an activating group) is 1. The number of fused-ring (bicyclic) bond motifs is 1. The molecule has 2 aromatic rings. The Morgan fingerprint density at radius 2 is 1.88 bits per heavy atom. The second-order valence-corrected chi connectivity index (χ2v) is 8.12. The number of piperazine rings is 1. The lowest BCUT2D eigenvalue weighted by atomic mass is 10.2. The van der Waals surface area contributed by atoms with Crippen molar-refractivity contribution in [3.63, 3.8) is 0 Å². The van der Waals surface area contributed by atoms with E-state index in [0.717, 1.165) is 42.9 Å². The van der Waals surface area contributed by atoms with E-state index in [1.54, 1.807) is 0 Å². The number of carbonyl (C=O) groups is 1. The van der Waals surface area contributed by atoms with Crippen molar-refractivity contribution in [3.8, 4) is 0 Å². The molecule has 0 spiro atoms. The average Bonchev–Trinajstić information content (AvgIpc) is 2.81. The summed E-state index contributed by atoms with van der Waals surface area (Å²) in [5, 5.41) is 0. The largest absolute Gasteiger partial charge is 0.443 e. The summed E-state index contributed by atoms with van der Waals surface area (Å²) in [6.07, 6.45) is -0.387. The van der Waals surface area contributed by atoms with Gasteiger partial charge < -0.3 is 14.5 Å². The second-order valence-electron chi connectivity index (χ2n) is 7.16. The summed E-state index contributed by atoms with van der Waals surface area (Å²) in [7, 11) is 2.14. The molecule has 1 aliphatic heterocycles. The van der Waals surface area contributed by atoms with Gasteiger partial charge in [0.15, 0.2) is 3.83 Å². The molecular formula is C17H23IN4O2. The van der Waals surface area contributed by atoms with E-state index in [1.165, 1.54) is 4.57 Å². The maximum absolute atomic E-state index is 12.5. The van der Waals surface area contributed by atoms with Gasteiger partial charge in [-0.2, -0.15) is 0 Å². The highest BCUT2D eigenvalue weighted by atomic mass is 127. The first kappa shape index (κ1) is 17.5. The number of imidazole rings is 1. The number of rotatable bonds is 1. The molecule has 1 aliphatic rings. The van der Waals surface area contributed by atoms with Crippen LogP contribution in [0.3, 0.4) is 0 Å². The van der Waals surface area contributed by atoms with Crippen molar-refractivity contribution in [3.05, 3.63) is 22.0 Å². The Bertz CT molecular complexity index is 758. The topological polar surface area (TPSA) is 50.6 Å². The molecule has 0 atom stereocenters. The minimum Gasteiger partial charge on any atom is -0.443 e. The van der Waals surface area contributed by atoms with E-state index in [-0.39, 0.29) is 6.09 Å². The summed E-state index contributed by atoms with van der Waals surface area (Å²) >= 11 is 2.08. The van der Waals surface area contributed by atoms with Gasteiger partial charge in [0.2, 0.25) is 0 Å². The van der Waals surface area contributed by atoms with Gasteiger partial charge in [0.1, 0.15) is 5.60 Å². The molecular weight excluding hydrogens is 419 g/mol. The lowest BCUT2D eigenvalue weighted by molar-refractivity contribution is 0.0539. The van der Waals surface area contributed by atoms with Crippen LogP contribution in [0.15, 0.2) is 18.2 Å². The van der Waals surface area contributed by atoms with Crippen LogP contribution in [0.1, 0.15) is 20.8 Å². The average molecular weight is 442 g/mol. The molecule has 6 nitrogen and oxygen atoms in total. The van der Waals surface area contributed by atoms with Crippen LogP contribution in [0.2, 0.25) is 0 Å². The van der Waals surface area contributed by atoms with Crippen molar-refractivity contribution in [2.24, 2.45) is 0 Å². The molecule has 1 aromatic carbocycles. The zero-order valence-electron chi connectivity index (χ0n) is 14.5. The molecule has 0 N–H and O–H groups in total. The SMILES string of the molecule is CN1CCN(c2ccc3c(c2)nc(I)n3C(=O)OC(C)(C)C)CC1. The van der Waals surface area contributed by atoms with Gasteiger partial charge in [0.25, 0.3) is 0 Å². The van der Waals surface area contributed by atoms with Crippen LogP contribution in [0.25, 0.3) is 11.0 Å². The van der Waals surface area contributed by atoms with Crippen LogP contribution >= 0.6 is 22.6 Å². The Morgan fingerprint density at radius 1 is 1.21 bits per heavy atom. The quantitative estimate of drug-likeness (QED) is 0.636. The monoisotopic (exact) mass is 442 g/mol. The standard InChI is InChI=1S/C17H23IN4O2/c1-17(2,3)24-16(23)22-14-6-5-12(11-13(14)19-15(22)18)21-9-7-20(4)8-10-21/h5-6,11H,7-10H2,1-4H3. The zero-order valence-corrected chi connectivity index (χ0v) is 16.7. The highest BCUT2D eigenvalue weighted by Gasteiger charge is 2.23. The predicted molar refractivity (Wildman–Crippen MR) is 104 cm³/mol. The van der Waals surface area contributed by atoms with Crippen molar-refractivity contribution in [1.29, 1.82) is 0 Å². The Hall–Kier alpha value is -1.35. The first-order valence-corrected chi connectivity index (χ1v) is 9.17. The van der Waals surface area contributed by atoms with E-state index >= 15 is 0 Å². The first-order valence-electron chi connectivity index (χ1n) is 8.09. The maximum atomic E-state index is 12.5. The summed E-state index contributed by atoms with van der Waals surface area (Å²) in [6.45, 7) is 9.72. The minimum absolute atomic E-state index is 0.387. The second kappa shape index (κ2) is 6.51. The third-order valence-electron chi connectivity index (χ3n) is 4.04. The fraction of sp³-hybridized carbons (Fsp3) is 0.529. The van der Waals surface area contributed by atoms with Crippen molar-refractivity contribution in [2.75, 3.05) is 38.1 Å². The molecule has 0 bridgehead atoms. The van der Waals surface area contributed by atoms with Gasteiger partial charge >= 0.3 is 6.09 Å². The number of aromatic nitrogens is 2. The van der Waals surface area contributed by atoms with E-state index in [2.05, 4.69) is 56.6 Å². The van der Waals surface area contributed by atoms with Crippen LogP contribution in [0, 0.1) is 3.83 Å². The number of anilines is 1. The number of carbonyl (C=O) groups excluding carboxylic acids is 1. The first-order chi connectivity index (χ1) is 11.2. The molecule has 1 aromatic heterocycles. The zero-order chi connectivity index (χ0) is 17.5. The molecule has 1 fully saturated rings. The molecule has 7 heteroatoms. The summed E-state index contributed by atoms with van der Waals surface area (Å²) < 4.78 is 7.65. The predicted octanol–water partition coefficient (Wildman–Crippen LogP) is 3.18. The fourth-order valence-electron chi connectivity index (χ4n) is 2.78. The molecule has 0 amide bonds. The molecule has 0 aliphatic carbocycles. The number of hydrogen-bond acceptors (Lipinski definition) is 5. The summed E-state index contributed by atoms with van der Waals surface area (Å²) in [6, 6.07) is 6.08. The summed E-state index contributed by atoms with van der Waals surface area (Å²) in [5.41, 5.74) is 2.23. The Labute approximate surface area is 155 Å². The molecule has 2 heterocycles. The van der Waals surface area contributed by atoms with Gasteiger partial charge in [-0.15, -0.1) is 0 Å². The Balaban J connectivity index is 1.91. The van der Waals surface area contributed by atoms with Crippen molar-refractivity contribution < 1.29 is 9.53 Å². The highest BCUT2D eigenvalue weighted by Crippen LogP contribution is 2.25. The highest BCUT2D eigenvalue weighted by molar-refractivity contribution is 14.1. The van der Waals surface area contributed by atoms with Crippen molar-refractivity contribution in [2.45, 2.75) is 26.4 Å². The minimum atomic E-state index is -0.531. The number of halogens is 1. The molecule has 3 rings (SSSR count). The molecule has 24 heavy (non-hydrogen) atoms. The number of benzene rings is 1. The number of nitrogens with zero attached hydrogens (tertiary/aromatic N) is 4.